The first-order valence-electron chi connectivity index (χ1n) is 13.6. The van der Waals surface area contributed by atoms with E-state index in [1.54, 1.807) is 6.92 Å². The number of hydrogen-bond acceptors (Lipinski definition) is 7. The average Bonchev–Trinajstić information content (AvgIpc) is 3.46. The van der Waals surface area contributed by atoms with Gasteiger partial charge in [0.05, 0.1) is 26.6 Å². The van der Waals surface area contributed by atoms with Crippen molar-refractivity contribution in [3.8, 4) is 0 Å². The second-order valence-corrected chi connectivity index (χ2v) is 10.3. The Hall–Kier alpha value is -3.49. The van der Waals surface area contributed by atoms with E-state index in [1.165, 1.54) is 13.4 Å². The lowest BCUT2D eigenvalue weighted by molar-refractivity contribution is -0.192. The third-order valence-electron chi connectivity index (χ3n) is 7.22. The Morgan fingerprint density at radius 2 is 1.35 bits per heavy atom. The molecule has 210 valence electrons. The molecule has 2 fully saturated rings. The molecule has 0 amide bonds. The zero-order valence-corrected chi connectivity index (χ0v) is 23.3. The van der Waals surface area contributed by atoms with Crippen molar-refractivity contribution in [2.45, 2.75) is 56.6 Å². The number of hydrogen-bond donors (Lipinski definition) is 0. The van der Waals surface area contributed by atoms with Gasteiger partial charge in [-0.15, -0.1) is 0 Å². The number of rotatable bonds is 10. The summed E-state index contributed by atoms with van der Waals surface area (Å²) in [6.45, 7) is 5.85. The predicted molar refractivity (Wildman–Crippen MR) is 149 cm³/mol. The van der Waals surface area contributed by atoms with Gasteiger partial charge in [-0.25, -0.2) is 4.79 Å². The van der Waals surface area contributed by atoms with Crippen LogP contribution in [0.25, 0.3) is 0 Å². The number of esters is 1. The van der Waals surface area contributed by atoms with Crippen molar-refractivity contribution in [3.63, 3.8) is 0 Å². The lowest BCUT2D eigenvalue weighted by Crippen LogP contribution is -2.39. The summed E-state index contributed by atoms with van der Waals surface area (Å²) in [5, 5.41) is 0. The molecule has 0 saturated carbocycles. The molecule has 2 heterocycles. The minimum absolute atomic E-state index is 0.166. The zero-order valence-electron chi connectivity index (χ0n) is 23.3. The highest BCUT2D eigenvalue weighted by atomic mass is 16.8. The van der Waals surface area contributed by atoms with Crippen molar-refractivity contribution >= 4 is 5.97 Å². The fourth-order valence-corrected chi connectivity index (χ4v) is 5.61. The standard InChI is InChI=1S/C33H36O7/c1-5-36-31(34)26(21-35-4)28-30-29(39-32(2,3)40-30)27(38-28)22-37-33(23-15-9-6-10-16-23,24-17-11-7-12-18-24)25-19-13-8-14-20-25/h6-21,27-30H,5,22H2,1-4H3/t27-,28?,29-,30+/m1/s1. The van der Waals surface area contributed by atoms with Gasteiger partial charge in [0.1, 0.15) is 35.6 Å². The number of methoxy groups -OCH3 is 1. The summed E-state index contributed by atoms with van der Waals surface area (Å²) in [6, 6.07) is 30.4. The Morgan fingerprint density at radius 1 is 0.850 bits per heavy atom. The molecule has 0 bridgehead atoms. The molecule has 7 nitrogen and oxygen atoms in total. The lowest BCUT2D eigenvalue weighted by Gasteiger charge is -2.37. The molecule has 0 aromatic heterocycles. The van der Waals surface area contributed by atoms with Gasteiger partial charge >= 0.3 is 5.97 Å². The van der Waals surface area contributed by atoms with E-state index >= 15 is 0 Å². The number of ether oxygens (including phenoxy) is 6. The van der Waals surface area contributed by atoms with Gasteiger partial charge in [-0.05, 0) is 37.5 Å². The predicted octanol–water partition coefficient (Wildman–Crippen LogP) is 5.38. The molecule has 1 unspecified atom stereocenters. The maximum Gasteiger partial charge on any atom is 0.339 e. The normalized spacial score (nSPS) is 23.9. The SMILES string of the molecule is CCOC(=O)C(=COC)C1O[C@H](COC(c2ccccc2)(c2ccccc2)c2ccccc2)[C@H]2OC(C)(C)O[C@@H]12. The summed E-state index contributed by atoms with van der Waals surface area (Å²) in [5.41, 5.74) is 2.25. The van der Waals surface area contributed by atoms with Crippen LogP contribution in [0.2, 0.25) is 0 Å². The fourth-order valence-electron chi connectivity index (χ4n) is 5.61. The summed E-state index contributed by atoms with van der Waals surface area (Å²) >= 11 is 0. The highest BCUT2D eigenvalue weighted by Gasteiger charge is 2.57. The van der Waals surface area contributed by atoms with Crippen molar-refractivity contribution in [1.29, 1.82) is 0 Å². The monoisotopic (exact) mass is 544 g/mol. The summed E-state index contributed by atoms with van der Waals surface area (Å²) in [5.74, 6) is -1.38. The van der Waals surface area contributed by atoms with Gasteiger partial charge < -0.3 is 28.4 Å². The summed E-state index contributed by atoms with van der Waals surface area (Å²) in [4.78, 5) is 12.9. The smallest absolute Gasteiger partial charge is 0.339 e. The van der Waals surface area contributed by atoms with Gasteiger partial charge in [0.2, 0.25) is 0 Å². The van der Waals surface area contributed by atoms with E-state index in [1.807, 2.05) is 68.4 Å². The van der Waals surface area contributed by atoms with E-state index in [4.69, 9.17) is 28.4 Å². The highest BCUT2D eigenvalue weighted by Crippen LogP contribution is 2.44. The molecule has 3 aromatic rings. The minimum atomic E-state index is -0.929. The fraction of sp³-hybridized carbons (Fsp3) is 0.364. The van der Waals surface area contributed by atoms with Crippen molar-refractivity contribution in [1.82, 2.24) is 0 Å². The maximum absolute atomic E-state index is 12.9. The Bertz CT molecular complexity index is 1190. The van der Waals surface area contributed by atoms with Crippen molar-refractivity contribution < 1.29 is 33.2 Å². The molecule has 5 rings (SSSR count). The molecule has 3 aromatic carbocycles. The molecule has 0 spiro atoms. The van der Waals surface area contributed by atoms with Crippen LogP contribution in [-0.4, -0.2) is 56.5 Å². The van der Waals surface area contributed by atoms with Gasteiger partial charge in [0.15, 0.2) is 5.79 Å². The molecule has 2 saturated heterocycles. The average molecular weight is 545 g/mol. The maximum atomic E-state index is 12.9. The van der Waals surface area contributed by atoms with Crippen LogP contribution in [0.5, 0.6) is 0 Å². The number of fused-ring (bicyclic) bond motifs is 1. The lowest BCUT2D eigenvalue weighted by atomic mass is 9.80. The van der Waals surface area contributed by atoms with Crippen molar-refractivity contribution in [2.75, 3.05) is 20.3 Å². The van der Waals surface area contributed by atoms with Crippen LogP contribution in [0.3, 0.4) is 0 Å². The van der Waals surface area contributed by atoms with Gasteiger partial charge in [0.25, 0.3) is 0 Å². The van der Waals surface area contributed by atoms with Gasteiger partial charge in [-0.1, -0.05) is 91.0 Å². The number of carbonyl (C=O) groups excluding carboxylic acids is 1. The van der Waals surface area contributed by atoms with Crippen LogP contribution in [0.4, 0.5) is 0 Å². The number of benzene rings is 3. The molecule has 0 radical (unpaired) electrons. The Balaban J connectivity index is 1.54. The third-order valence-corrected chi connectivity index (χ3v) is 7.22. The van der Waals surface area contributed by atoms with Gasteiger partial charge in [-0.3, -0.25) is 0 Å². The quantitative estimate of drug-likeness (QED) is 0.147. The summed E-state index contributed by atoms with van der Waals surface area (Å²) in [7, 11) is 1.48. The van der Waals surface area contributed by atoms with E-state index in [9.17, 15) is 4.79 Å². The molecule has 2 aliphatic rings. The van der Waals surface area contributed by atoms with Crippen LogP contribution in [0.15, 0.2) is 103 Å². The summed E-state index contributed by atoms with van der Waals surface area (Å²) < 4.78 is 36.6. The molecule has 0 aliphatic carbocycles. The third kappa shape index (κ3) is 5.43. The van der Waals surface area contributed by atoms with Crippen LogP contribution < -0.4 is 0 Å². The van der Waals surface area contributed by atoms with Crippen LogP contribution in [-0.2, 0) is 38.8 Å². The molecule has 2 aliphatic heterocycles. The van der Waals surface area contributed by atoms with E-state index in [2.05, 4.69) is 36.4 Å². The highest BCUT2D eigenvalue weighted by molar-refractivity contribution is 5.89. The van der Waals surface area contributed by atoms with Gasteiger partial charge in [-0.2, -0.15) is 0 Å². The first-order valence-corrected chi connectivity index (χ1v) is 13.6. The Morgan fingerprint density at radius 3 is 1.82 bits per heavy atom. The second kappa shape index (κ2) is 11.9. The zero-order chi connectivity index (χ0) is 28.2. The molecular weight excluding hydrogens is 508 g/mol. The molecule has 4 atom stereocenters. The molecule has 40 heavy (non-hydrogen) atoms. The van der Waals surface area contributed by atoms with E-state index in [-0.39, 0.29) is 18.8 Å². The molecular formula is C33H36O7. The number of carbonyl (C=O) groups is 1. The largest absolute Gasteiger partial charge is 0.504 e. The van der Waals surface area contributed by atoms with Crippen LogP contribution >= 0.6 is 0 Å². The first-order chi connectivity index (χ1) is 19.4. The summed E-state index contributed by atoms with van der Waals surface area (Å²) in [6.07, 6.45) is -0.954. The second-order valence-electron chi connectivity index (χ2n) is 10.3. The van der Waals surface area contributed by atoms with E-state index in [0.717, 1.165) is 16.7 Å². The van der Waals surface area contributed by atoms with E-state index in [0.29, 0.717) is 0 Å². The topological polar surface area (TPSA) is 72.5 Å². The van der Waals surface area contributed by atoms with E-state index < -0.39 is 41.8 Å². The molecule has 0 N–H and O–H groups in total. The Labute approximate surface area is 235 Å². The Kier molecular flexibility index (Phi) is 8.38. The van der Waals surface area contributed by atoms with Crippen LogP contribution in [0.1, 0.15) is 37.5 Å². The van der Waals surface area contributed by atoms with Crippen LogP contribution in [0, 0.1) is 0 Å². The van der Waals surface area contributed by atoms with Gasteiger partial charge in [0, 0.05) is 0 Å². The first kappa shape index (κ1) is 28.1. The van der Waals surface area contributed by atoms with Crippen molar-refractivity contribution in [2.24, 2.45) is 0 Å². The van der Waals surface area contributed by atoms with Crippen molar-refractivity contribution in [3.05, 3.63) is 120 Å². The minimum Gasteiger partial charge on any atom is -0.504 e. The molecule has 7 heteroatoms.